The minimum atomic E-state index is -5.71. The second-order valence-corrected chi connectivity index (χ2v) is 10.7. The van der Waals surface area contributed by atoms with Crippen molar-refractivity contribution in [3.05, 3.63) is 33.2 Å². The van der Waals surface area contributed by atoms with E-state index in [2.05, 4.69) is 18.1 Å². The van der Waals surface area contributed by atoms with Gasteiger partial charge in [-0.3, -0.25) is 9.32 Å². The molecule has 0 aliphatic carbocycles. The highest BCUT2D eigenvalue weighted by atomic mass is 31.3. The number of aromatic amines is 1. The topological polar surface area (TPSA) is 222 Å². The number of pyridine rings is 1. The van der Waals surface area contributed by atoms with Gasteiger partial charge in [0, 0.05) is 16.8 Å². The van der Waals surface area contributed by atoms with Crippen molar-refractivity contribution in [1.82, 2.24) is 4.98 Å². The van der Waals surface area contributed by atoms with Crippen molar-refractivity contribution in [3.63, 3.8) is 0 Å². The van der Waals surface area contributed by atoms with E-state index in [1.165, 1.54) is 19.9 Å². The third kappa shape index (κ3) is 6.60. The lowest BCUT2D eigenvalue weighted by Crippen LogP contribution is -2.31. The molecule has 0 saturated carbocycles. The number of ether oxygens (including phenoxy) is 1. The summed E-state index contributed by atoms with van der Waals surface area (Å²) in [5, 5.41) is 9.99. The first-order valence-corrected chi connectivity index (χ1v) is 12.5. The molecule has 6 N–H and O–H groups in total. The zero-order valence-electron chi connectivity index (χ0n) is 15.3. The second-order valence-electron chi connectivity index (χ2n) is 6.28. The van der Waals surface area contributed by atoms with Crippen LogP contribution in [0.5, 0.6) is 0 Å². The number of hydrogen-bond acceptors (Lipinski definition) is 9. The van der Waals surface area contributed by atoms with Gasteiger partial charge in [0.2, 0.25) is 0 Å². The molecule has 2 rings (SSSR count). The van der Waals surface area contributed by atoms with Crippen molar-refractivity contribution >= 4 is 23.5 Å². The Kier molecular flexibility index (Phi) is 7.63. The summed E-state index contributed by atoms with van der Waals surface area (Å²) in [5.74, 6) is 0. The Morgan fingerprint density at radius 2 is 1.73 bits per heavy atom. The van der Waals surface area contributed by atoms with Crippen LogP contribution in [0.1, 0.15) is 22.9 Å². The lowest BCUT2D eigenvalue weighted by molar-refractivity contribution is -0.0223. The number of halogens is 1. The first-order valence-electron chi connectivity index (χ1n) is 7.98. The molecule has 3 unspecified atom stereocenters. The van der Waals surface area contributed by atoms with Crippen LogP contribution in [0.2, 0.25) is 0 Å². The normalized spacial score (nSPS) is 28.8. The molecule has 172 valence electrons. The summed E-state index contributed by atoms with van der Waals surface area (Å²) in [6.07, 6.45) is -6.79. The van der Waals surface area contributed by atoms with E-state index in [4.69, 9.17) is 19.4 Å². The van der Waals surface area contributed by atoms with Gasteiger partial charge in [0.1, 0.15) is 18.3 Å². The molecular formula is C12H19FNO13P3. The van der Waals surface area contributed by atoms with Gasteiger partial charge in [-0.05, 0) is 19.9 Å². The summed E-state index contributed by atoms with van der Waals surface area (Å²) in [4.78, 5) is 49.5. The molecule has 6 atom stereocenters. The molecule has 0 aromatic carbocycles. The fourth-order valence-electron chi connectivity index (χ4n) is 2.63. The number of aryl methyl sites for hydroxylation is 2. The fraction of sp³-hybridized carbons (Fsp3) is 0.583. The molecule has 1 aliphatic rings. The minimum absolute atomic E-state index is 0.208. The maximum absolute atomic E-state index is 14.5. The number of aliphatic hydroxyl groups is 1. The SMILES string of the molecule is Cc1[nH]c(=O)c(C)cc1[C@@H]1O[C@H](COP(=O)(O)OP(=O)(O)OP(=O)(O)O)C(O)[C@@H]1F. The van der Waals surface area contributed by atoms with Crippen LogP contribution in [0.15, 0.2) is 10.9 Å². The molecule has 1 aromatic rings. The van der Waals surface area contributed by atoms with Crippen LogP contribution < -0.4 is 5.56 Å². The van der Waals surface area contributed by atoms with Gasteiger partial charge in [-0.15, -0.1) is 0 Å². The van der Waals surface area contributed by atoms with Crippen LogP contribution >= 0.6 is 23.5 Å². The molecule has 2 heterocycles. The highest BCUT2D eigenvalue weighted by molar-refractivity contribution is 7.66. The maximum Gasteiger partial charge on any atom is 0.490 e. The highest BCUT2D eigenvalue weighted by Crippen LogP contribution is 2.66. The number of phosphoric acid groups is 3. The number of nitrogens with one attached hydrogen (secondary N) is 1. The molecule has 1 saturated heterocycles. The van der Waals surface area contributed by atoms with Gasteiger partial charge in [0.25, 0.3) is 5.56 Å². The van der Waals surface area contributed by atoms with Crippen molar-refractivity contribution in [2.75, 3.05) is 6.61 Å². The lowest BCUT2D eigenvalue weighted by Gasteiger charge is -2.19. The van der Waals surface area contributed by atoms with Crippen molar-refractivity contribution in [2.24, 2.45) is 0 Å². The van der Waals surface area contributed by atoms with E-state index < -0.39 is 60.1 Å². The maximum atomic E-state index is 14.5. The van der Waals surface area contributed by atoms with E-state index >= 15 is 0 Å². The summed E-state index contributed by atoms with van der Waals surface area (Å²) >= 11 is 0. The fourth-order valence-corrected chi connectivity index (χ4v) is 5.66. The van der Waals surface area contributed by atoms with E-state index in [1.807, 2.05) is 0 Å². The second kappa shape index (κ2) is 8.99. The number of phosphoric ester groups is 1. The Labute approximate surface area is 168 Å². The molecule has 0 radical (unpaired) electrons. The number of aromatic nitrogens is 1. The van der Waals surface area contributed by atoms with E-state index in [1.54, 1.807) is 0 Å². The van der Waals surface area contributed by atoms with Gasteiger partial charge in [0.05, 0.1) is 6.61 Å². The molecular weight excluding hydrogens is 478 g/mol. The zero-order valence-corrected chi connectivity index (χ0v) is 18.0. The van der Waals surface area contributed by atoms with Gasteiger partial charge in [-0.25, -0.2) is 18.1 Å². The molecule has 18 heteroatoms. The smallest absolute Gasteiger partial charge is 0.387 e. The monoisotopic (exact) mass is 497 g/mol. The average molecular weight is 497 g/mol. The van der Waals surface area contributed by atoms with E-state index in [-0.39, 0.29) is 16.8 Å². The van der Waals surface area contributed by atoms with E-state index in [0.717, 1.165) is 0 Å². The molecule has 0 amide bonds. The van der Waals surface area contributed by atoms with Crippen molar-refractivity contribution in [2.45, 2.75) is 38.3 Å². The Morgan fingerprint density at radius 3 is 2.30 bits per heavy atom. The van der Waals surface area contributed by atoms with Crippen LogP contribution in [0, 0.1) is 13.8 Å². The quantitative estimate of drug-likeness (QED) is 0.269. The van der Waals surface area contributed by atoms with Gasteiger partial charge < -0.3 is 34.4 Å². The van der Waals surface area contributed by atoms with Crippen LogP contribution in [0.3, 0.4) is 0 Å². The van der Waals surface area contributed by atoms with Gasteiger partial charge in [-0.1, -0.05) is 0 Å². The summed E-state index contributed by atoms with van der Waals surface area (Å²) in [6, 6.07) is 1.35. The lowest BCUT2D eigenvalue weighted by atomic mass is 10.0. The van der Waals surface area contributed by atoms with Crippen molar-refractivity contribution in [1.29, 1.82) is 0 Å². The summed E-state index contributed by atoms with van der Waals surface area (Å²) in [5.41, 5.74) is 0.311. The van der Waals surface area contributed by atoms with E-state index in [9.17, 15) is 32.9 Å². The summed E-state index contributed by atoms with van der Waals surface area (Å²) in [6.45, 7) is 1.93. The first kappa shape index (κ1) is 25.5. The van der Waals surface area contributed by atoms with Gasteiger partial charge in [0.15, 0.2) is 6.17 Å². The van der Waals surface area contributed by atoms with E-state index in [0.29, 0.717) is 0 Å². The number of rotatable bonds is 8. The molecule has 1 aromatic heterocycles. The van der Waals surface area contributed by atoms with Crippen molar-refractivity contribution in [3.8, 4) is 0 Å². The first-order chi connectivity index (χ1) is 13.5. The predicted molar refractivity (Wildman–Crippen MR) is 94.9 cm³/mol. The highest BCUT2D eigenvalue weighted by Gasteiger charge is 2.47. The minimum Gasteiger partial charge on any atom is -0.387 e. The van der Waals surface area contributed by atoms with Crippen LogP contribution in [-0.4, -0.2) is 54.7 Å². The van der Waals surface area contributed by atoms with Crippen LogP contribution in [0.25, 0.3) is 0 Å². The Morgan fingerprint density at radius 1 is 1.13 bits per heavy atom. The zero-order chi connectivity index (χ0) is 23.1. The van der Waals surface area contributed by atoms with Gasteiger partial charge in [-0.2, -0.15) is 8.62 Å². The predicted octanol–water partition coefficient (Wildman–Crippen LogP) is 0.474. The van der Waals surface area contributed by atoms with Gasteiger partial charge >= 0.3 is 23.5 Å². The average Bonchev–Trinajstić information content (AvgIpc) is 2.81. The number of aliphatic hydroxyl groups excluding tert-OH is 1. The van der Waals surface area contributed by atoms with Crippen molar-refractivity contribution < 1.29 is 60.6 Å². The standard InChI is InChI=1S/C12H19FNO13P3/c1-5-3-7(6(2)14-12(5)16)11-9(13)10(15)8(25-11)4-24-29(20,21)27-30(22,23)26-28(17,18)19/h3,8-11,15H,4H2,1-2H3,(H,14,16)(H,20,21)(H,22,23)(H2,17,18,19)/t8-,9+,10?,11+/m1/s1. The van der Waals surface area contributed by atoms with Crippen LogP contribution in [-0.2, 0) is 31.6 Å². The molecule has 30 heavy (non-hydrogen) atoms. The number of alkyl halides is 1. The summed E-state index contributed by atoms with van der Waals surface area (Å²) < 4.78 is 64.8. The Bertz CT molecular complexity index is 992. The number of H-pyrrole nitrogens is 1. The molecule has 0 bridgehead atoms. The third-order valence-corrected chi connectivity index (χ3v) is 7.71. The molecule has 1 aliphatic heterocycles. The summed E-state index contributed by atoms with van der Waals surface area (Å²) in [7, 11) is -16.7. The largest absolute Gasteiger partial charge is 0.490 e. The molecule has 14 nitrogen and oxygen atoms in total. The van der Waals surface area contributed by atoms with Crippen LogP contribution in [0.4, 0.5) is 4.39 Å². The third-order valence-electron chi connectivity index (χ3n) is 3.91. The Balaban J connectivity index is 2.08. The Hall–Kier alpha value is -0.790. The molecule has 0 spiro atoms. The molecule has 1 fully saturated rings. The number of hydrogen-bond donors (Lipinski definition) is 6.